The van der Waals surface area contributed by atoms with E-state index in [1.54, 1.807) is 6.08 Å². The summed E-state index contributed by atoms with van der Waals surface area (Å²) in [7, 11) is 0. The van der Waals surface area contributed by atoms with Crippen molar-refractivity contribution in [1.82, 2.24) is 0 Å². The SMILES string of the molecule is C=CC(CCCCC)OC(=O)C(C)(C)O. The van der Waals surface area contributed by atoms with Crippen molar-refractivity contribution >= 4 is 5.97 Å². The van der Waals surface area contributed by atoms with Crippen LogP contribution in [0.15, 0.2) is 12.7 Å². The van der Waals surface area contributed by atoms with E-state index in [1.165, 1.54) is 13.8 Å². The number of unbranched alkanes of at least 4 members (excludes halogenated alkanes) is 2. The maximum atomic E-state index is 11.3. The fourth-order valence-electron chi connectivity index (χ4n) is 1.10. The third kappa shape index (κ3) is 6.28. The van der Waals surface area contributed by atoms with Crippen LogP contribution in [0.3, 0.4) is 0 Å². The Morgan fingerprint density at radius 1 is 1.53 bits per heavy atom. The summed E-state index contributed by atoms with van der Waals surface area (Å²) >= 11 is 0. The van der Waals surface area contributed by atoms with Crippen LogP contribution in [0.4, 0.5) is 0 Å². The Hall–Kier alpha value is -0.830. The van der Waals surface area contributed by atoms with Crippen LogP contribution in [0.5, 0.6) is 0 Å². The summed E-state index contributed by atoms with van der Waals surface area (Å²) in [5.74, 6) is -0.594. The summed E-state index contributed by atoms with van der Waals surface area (Å²) < 4.78 is 5.10. The number of hydrogen-bond donors (Lipinski definition) is 1. The molecule has 0 aliphatic carbocycles. The first-order valence-corrected chi connectivity index (χ1v) is 5.47. The van der Waals surface area contributed by atoms with Gasteiger partial charge in [0.2, 0.25) is 0 Å². The van der Waals surface area contributed by atoms with Crippen molar-refractivity contribution in [2.24, 2.45) is 0 Å². The lowest BCUT2D eigenvalue weighted by molar-refractivity contribution is -0.165. The number of ether oxygens (including phenoxy) is 1. The molecule has 1 atom stereocenters. The molecule has 0 radical (unpaired) electrons. The van der Waals surface area contributed by atoms with Crippen molar-refractivity contribution < 1.29 is 14.6 Å². The van der Waals surface area contributed by atoms with E-state index in [9.17, 15) is 9.90 Å². The van der Waals surface area contributed by atoms with Crippen LogP contribution in [0, 0.1) is 0 Å². The van der Waals surface area contributed by atoms with Crippen molar-refractivity contribution in [2.45, 2.75) is 58.2 Å². The van der Waals surface area contributed by atoms with E-state index in [4.69, 9.17) is 4.74 Å². The molecule has 3 heteroatoms. The summed E-state index contributed by atoms with van der Waals surface area (Å²) in [6.45, 7) is 8.57. The zero-order valence-electron chi connectivity index (χ0n) is 9.95. The van der Waals surface area contributed by atoms with Gasteiger partial charge in [0.1, 0.15) is 6.10 Å². The van der Waals surface area contributed by atoms with Gasteiger partial charge in [-0.1, -0.05) is 32.4 Å². The van der Waals surface area contributed by atoms with E-state index in [1.807, 2.05) is 0 Å². The van der Waals surface area contributed by atoms with Crippen LogP contribution < -0.4 is 0 Å². The highest BCUT2D eigenvalue weighted by Crippen LogP contribution is 2.12. The molecule has 0 rings (SSSR count). The Morgan fingerprint density at radius 2 is 2.13 bits per heavy atom. The predicted octanol–water partition coefficient (Wildman–Crippen LogP) is 2.44. The number of esters is 1. The minimum Gasteiger partial charge on any atom is -0.456 e. The van der Waals surface area contributed by atoms with E-state index < -0.39 is 11.6 Å². The minimum absolute atomic E-state index is 0.282. The first-order chi connectivity index (χ1) is 6.91. The summed E-state index contributed by atoms with van der Waals surface area (Å²) in [6.07, 6.45) is 5.36. The molecule has 0 aromatic carbocycles. The molecule has 0 aromatic heterocycles. The van der Waals surface area contributed by atoms with Gasteiger partial charge in [-0.2, -0.15) is 0 Å². The van der Waals surface area contributed by atoms with Crippen LogP contribution in [-0.4, -0.2) is 22.8 Å². The van der Waals surface area contributed by atoms with E-state index in [0.29, 0.717) is 0 Å². The molecule has 3 nitrogen and oxygen atoms in total. The van der Waals surface area contributed by atoms with Crippen molar-refractivity contribution in [1.29, 1.82) is 0 Å². The van der Waals surface area contributed by atoms with Crippen LogP contribution >= 0.6 is 0 Å². The van der Waals surface area contributed by atoms with E-state index >= 15 is 0 Å². The zero-order chi connectivity index (χ0) is 11.9. The van der Waals surface area contributed by atoms with Crippen molar-refractivity contribution in [3.63, 3.8) is 0 Å². The predicted molar refractivity (Wildman–Crippen MR) is 60.5 cm³/mol. The Bertz CT molecular complexity index is 203. The molecule has 1 N–H and O–H groups in total. The van der Waals surface area contributed by atoms with Gasteiger partial charge in [-0.3, -0.25) is 0 Å². The highest BCUT2D eigenvalue weighted by atomic mass is 16.6. The molecule has 1 unspecified atom stereocenters. The molecular formula is C12H22O3. The summed E-state index contributed by atoms with van der Waals surface area (Å²) in [5.41, 5.74) is -1.42. The van der Waals surface area contributed by atoms with Crippen molar-refractivity contribution in [3.05, 3.63) is 12.7 Å². The lowest BCUT2D eigenvalue weighted by Crippen LogP contribution is -2.35. The van der Waals surface area contributed by atoms with Crippen LogP contribution in [0.1, 0.15) is 46.5 Å². The first kappa shape index (κ1) is 14.2. The van der Waals surface area contributed by atoms with Crippen LogP contribution in [-0.2, 0) is 9.53 Å². The van der Waals surface area contributed by atoms with Gasteiger partial charge in [-0.05, 0) is 26.7 Å². The molecule has 0 saturated carbocycles. The summed E-state index contributed by atoms with van der Waals surface area (Å²) in [6, 6.07) is 0. The van der Waals surface area contributed by atoms with Crippen LogP contribution in [0.25, 0.3) is 0 Å². The second-order valence-corrected chi connectivity index (χ2v) is 4.23. The van der Waals surface area contributed by atoms with Gasteiger partial charge in [0, 0.05) is 0 Å². The van der Waals surface area contributed by atoms with Gasteiger partial charge in [-0.25, -0.2) is 4.79 Å². The summed E-state index contributed by atoms with van der Waals surface area (Å²) in [5, 5.41) is 9.39. The second-order valence-electron chi connectivity index (χ2n) is 4.23. The van der Waals surface area contributed by atoms with Crippen molar-refractivity contribution in [3.8, 4) is 0 Å². The number of rotatable bonds is 7. The Labute approximate surface area is 92.1 Å². The number of hydrogen-bond acceptors (Lipinski definition) is 3. The van der Waals surface area contributed by atoms with Gasteiger partial charge < -0.3 is 9.84 Å². The minimum atomic E-state index is -1.42. The molecule has 0 aliphatic rings. The average Bonchev–Trinajstić information content (AvgIpc) is 2.14. The summed E-state index contributed by atoms with van der Waals surface area (Å²) in [4.78, 5) is 11.3. The molecule has 0 fully saturated rings. The molecule has 0 aromatic rings. The Kier molecular flexibility index (Phi) is 6.25. The maximum Gasteiger partial charge on any atom is 0.338 e. The average molecular weight is 214 g/mol. The molecule has 0 amide bonds. The third-order valence-corrected chi connectivity index (χ3v) is 2.11. The Morgan fingerprint density at radius 3 is 2.53 bits per heavy atom. The van der Waals surface area contributed by atoms with E-state index in [-0.39, 0.29) is 6.10 Å². The molecule has 88 valence electrons. The van der Waals surface area contributed by atoms with Gasteiger partial charge in [0.25, 0.3) is 0 Å². The number of carbonyl (C=O) groups is 1. The van der Waals surface area contributed by atoms with Gasteiger partial charge in [-0.15, -0.1) is 0 Å². The molecule has 0 saturated heterocycles. The highest BCUT2D eigenvalue weighted by Gasteiger charge is 2.27. The molecule has 0 bridgehead atoms. The van der Waals surface area contributed by atoms with E-state index in [0.717, 1.165) is 25.7 Å². The molecule has 15 heavy (non-hydrogen) atoms. The maximum absolute atomic E-state index is 11.3. The topological polar surface area (TPSA) is 46.5 Å². The second kappa shape index (κ2) is 6.62. The quantitative estimate of drug-likeness (QED) is 0.402. The van der Waals surface area contributed by atoms with E-state index in [2.05, 4.69) is 13.5 Å². The number of carbonyl (C=O) groups excluding carboxylic acids is 1. The standard InChI is InChI=1S/C12H22O3/c1-5-7-8-9-10(6-2)15-11(13)12(3,4)14/h6,10,14H,2,5,7-9H2,1,3-4H3. The molecule has 0 heterocycles. The monoisotopic (exact) mass is 214 g/mol. The van der Waals surface area contributed by atoms with Gasteiger partial charge in [0.15, 0.2) is 5.60 Å². The molecule has 0 aliphatic heterocycles. The smallest absolute Gasteiger partial charge is 0.338 e. The van der Waals surface area contributed by atoms with Crippen LogP contribution in [0.2, 0.25) is 0 Å². The molecule has 0 spiro atoms. The third-order valence-electron chi connectivity index (χ3n) is 2.11. The van der Waals surface area contributed by atoms with Gasteiger partial charge in [0.05, 0.1) is 0 Å². The lowest BCUT2D eigenvalue weighted by Gasteiger charge is -2.20. The largest absolute Gasteiger partial charge is 0.456 e. The fourth-order valence-corrected chi connectivity index (χ4v) is 1.10. The fraction of sp³-hybridized carbons (Fsp3) is 0.750. The zero-order valence-corrected chi connectivity index (χ0v) is 9.95. The number of aliphatic hydroxyl groups is 1. The van der Waals surface area contributed by atoms with Crippen molar-refractivity contribution in [2.75, 3.05) is 0 Å². The first-order valence-electron chi connectivity index (χ1n) is 5.47. The Balaban J connectivity index is 3.99. The van der Waals surface area contributed by atoms with Gasteiger partial charge >= 0.3 is 5.97 Å². The normalized spacial score (nSPS) is 13.3. The highest BCUT2D eigenvalue weighted by molar-refractivity contribution is 5.78. The lowest BCUT2D eigenvalue weighted by atomic mass is 10.1. The molecular weight excluding hydrogens is 192 g/mol.